The molecule has 0 spiro atoms. The third-order valence-corrected chi connectivity index (χ3v) is 7.97. The first-order valence-corrected chi connectivity index (χ1v) is 10.3. The average Bonchev–Trinajstić information content (AvgIpc) is 3.02. The minimum absolute atomic E-state index is 0. The molecule has 7 rings (SSSR count). The predicted octanol–water partition coefficient (Wildman–Crippen LogP) is 2.66. The maximum Gasteiger partial charge on any atom is 0.226 e. The number of hydrogen-bond donors (Lipinski definition) is 1. The molecule has 1 aromatic rings. The second kappa shape index (κ2) is 7.63. The van der Waals surface area contributed by atoms with E-state index in [4.69, 9.17) is 0 Å². The number of nitrogens with zero attached hydrogens (tertiary/aromatic N) is 2. The van der Waals surface area contributed by atoms with Gasteiger partial charge in [0.25, 0.3) is 0 Å². The number of carbonyl (C=O) groups excluding carboxylic acids is 1. The highest BCUT2D eigenvalue weighted by Crippen LogP contribution is 2.53. The van der Waals surface area contributed by atoms with E-state index in [1.165, 1.54) is 12.1 Å². The summed E-state index contributed by atoms with van der Waals surface area (Å²) >= 11 is 0. The van der Waals surface area contributed by atoms with Crippen LogP contribution in [-0.4, -0.2) is 60.5 Å². The van der Waals surface area contributed by atoms with Crippen LogP contribution in [0.2, 0.25) is 0 Å². The van der Waals surface area contributed by atoms with Crippen molar-refractivity contribution in [3.05, 3.63) is 35.4 Å². The summed E-state index contributed by atoms with van der Waals surface area (Å²) in [6.07, 6.45) is 2.27. The first-order chi connectivity index (χ1) is 13.1. The predicted molar refractivity (Wildman–Crippen MR) is 111 cm³/mol. The lowest BCUT2D eigenvalue weighted by Crippen LogP contribution is -2.61. The highest BCUT2D eigenvalue weighted by Gasteiger charge is 2.62. The summed E-state index contributed by atoms with van der Waals surface area (Å²) in [7, 11) is 0. The Balaban J connectivity index is 0.00000102. The van der Waals surface area contributed by atoms with E-state index in [0.717, 1.165) is 45.1 Å². The van der Waals surface area contributed by atoms with Gasteiger partial charge < -0.3 is 10.2 Å². The Morgan fingerprint density at radius 2 is 1.59 bits per heavy atom. The molecule has 160 valence electrons. The SMILES string of the molecule is Cl.Cl.O=C(C1[C@H]2CNC[C@@H]12)N1C[C@@H](c2cc(F)cc(F)c2)[C@@H]2[C@H]1C1CCN2CC1. The van der Waals surface area contributed by atoms with Gasteiger partial charge in [-0.05, 0) is 74.5 Å². The van der Waals surface area contributed by atoms with Crippen molar-refractivity contribution in [1.82, 2.24) is 15.1 Å². The Labute approximate surface area is 182 Å². The van der Waals surface area contributed by atoms with Gasteiger partial charge in [-0.2, -0.15) is 0 Å². The number of amides is 1. The van der Waals surface area contributed by atoms with Crippen molar-refractivity contribution in [3.8, 4) is 0 Å². The van der Waals surface area contributed by atoms with Crippen molar-refractivity contribution in [3.63, 3.8) is 0 Å². The molecule has 1 unspecified atom stereocenters. The number of likely N-dealkylation sites (tertiary alicyclic amines) is 1. The molecule has 0 radical (unpaired) electrons. The average molecular weight is 446 g/mol. The second-order valence-electron chi connectivity index (χ2n) is 9.17. The summed E-state index contributed by atoms with van der Waals surface area (Å²) in [6.45, 7) is 4.60. The van der Waals surface area contributed by atoms with E-state index in [2.05, 4.69) is 15.1 Å². The van der Waals surface area contributed by atoms with Crippen LogP contribution in [0.15, 0.2) is 18.2 Å². The molecule has 5 saturated heterocycles. The standard InChI is InChI=1S/C21H25F2N3O.2ClH/c22-13-5-12(6-14(23)7-13)17-10-26(21(27)18-15-8-24-9-16(15)18)19-11-1-3-25(4-2-11)20(17)19;;/h5-7,11,15-20,24H,1-4,8-10H2;2*1H/t15-,16+,17-,18?,19+,20+;;/m0../s1. The van der Waals surface area contributed by atoms with Crippen molar-refractivity contribution in [2.75, 3.05) is 32.7 Å². The smallest absolute Gasteiger partial charge is 0.226 e. The topological polar surface area (TPSA) is 35.6 Å². The van der Waals surface area contributed by atoms with Crippen LogP contribution in [0.4, 0.5) is 8.78 Å². The fourth-order valence-electron chi connectivity index (χ4n) is 6.73. The van der Waals surface area contributed by atoms with Gasteiger partial charge in [-0.15, -0.1) is 24.8 Å². The minimum Gasteiger partial charge on any atom is -0.337 e. The Morgan fingerprint density at radius 3 is 2.21 bits per heavy atom. The molecule has 1 aromatic carbocycles. The van der Waals surface area contributed by atoms with Crippen LogP contribution < -0.4 is 5.32 Å². The molecule has 1 aliphatic carbocycles. The van der Waals surface area contributed by atoms with Crippen LogP contribution in [0, 0.1) is 35.3 Å². The van der Waals surface area contributed by atoms with Crippen molar-refractivity contribution >= 4 is 30.7 Å². The quantitative estimate of drug-likeness (QED) is 0.759. The third-order valence-electron chi connectivity index (χ3n) is 7.97. The zero-order valence-electron chi connectivity index (χ0n) is 16.1. The van der Waals surface area contributed by atoms with E-state index >= 15 is 0 Å². The summed E-state index contributed by atoms with van der Waals surface area (Å²) < 4.78 is 27.8. The molecule has 4 nitrogen and oxygen atoms in total. The number of halogens is 4. The Kier molecular flexibility index (Phi) is 5.60. The summed E-state index contributed by atoms with van der Waals surface area (Å²) in [4.78, 5) is 18.0. The highest BCUT2D eigenvalue weighted by molar-refractivity contribution is 5.85. The number of rotatable bonds is 2. The number of nitrogens with one attached hydrogen (secondary N) is 1. The molecular formula is C21H27Cl2F2N3O. The van der Waals surface area contributed by atoms with Crippen molar-refractivity contribution in [2.24, 2.45) is 23.7 Å². The number of benzene rings is 1. The van der Waals surface area contributed by atoms with Gasteiger partial charge in [-0.1, -0.05) is 0 Å². The lowest BCUT2D eigenvalue weighted by molar-refractivity contribution is -0.138. The molecule has 0 aromatic heterocycles. The zero-order valence-corrected chi connectivity index (χ0v) is 17.7. The molecule has 8 heteroatoms. The van der Waals surface area contributed by atoms with Gasteiger partial charge in [0.05, 0.1) is 6.04 Å². The van der Waals surface area contributed by atoms with Crippen molar-refractivity contribution in [2.45, 2.75) is 30.8 Å². The van der Waals surface area contributed by atoms with Crippen molar-refractivity contribution in [1.29, 1.82) is 0 Å². The van der Waals surface area contributed by atoms with Crippen LogP contribution in [0.1, 0.15) is 24.3 Å². The van der Waals surface area contributed by atoms with E-state index < -0.39 is 11.6 Å². The lowest BCUT2D eigenvalue weighted by Gasteiger charge is -2.51. The lowest BCUT2D eigenvalue weighted by atomic mass is 9.75. The first kappa shape index (κ1) is 21.3. The maximum atomic E-state index is 13.9. The molecule has 6 aliphatic rings. The van der Waals surface area contributed by atoms with Crippen molar-refractivity contribution < 1.29 is 13.6 Å². The molecule has 1 saturated carbocycles. The number of carbonyl (C=O) groups is 1. The van der Waals surface area contributed by atoms with Crippen LogP contribution >= 0.6 is 24.8 Å². The largest absolute Gasteiger partial charge is 0.337 e. The van der Waals surface area contributed by atoms with Crippen LogP contribution in [0.25, 0.3) is 0 Å². The minimum atomic E-state index is -0.523. The Bertz CT molecular complexity index is 774. The molecule has 29 heavy (non-hydrogen) atoms. The van der Waals surface area contributed by atoms with Crippen LogP contribution in [0.3, 0.4) is 0 Å². The van der Waals surface area contributed by atoms with Gasteiger partial charge in [-0.25, -0.2) is 8.78 Å². The Hall–Kier alpha value is -0.950. The number of fused-ring (bicyclic) bond motifs is 3. The fourth-order valence-corrected chi connectivity index (χ4v) is 6.73. The normalized spacial score (nSPS) is 41.2. The van der Waals surface area contributed by atoms with Gasteiger partial charge in [0.15, 0.2) is 0 Å². The van der Waals surface area contributed by atoms with Gasteiger partial charge in [0, 0.05) is 30.5 Å². The molecule has 5 aliphatic heterocycles. The number of hydrogen-bond acceptors (Lipinski definition) is 3. The summed E-state index contributed by atoms with van der Waals surface area (Å²) in [6, 6.07) is 4.30. The monoisotopic (exact) mass is 445 g/mol. The molecule has 2 bridgehead atoms. The fraction of sp³-hybridized carbons (Fsp3) is 0.667. The van der Waals surface area contributed by atoms with Gasteiger partial charge in [-0.3, -0.25) is 9.69 Å². The molecule has 6 atom stereocenters. The molecule has 1 N–H and O–H groups in total. The number of piperidine rings is 4. The second-order valence-corrected chi connectivity index (χ2v) is 9.17. The van der Waals surface area contributed by atoms with E-state index in [9.17, 15) is 13.6 Å². The molecular weight excluding hydrogens is 419 g/mol. The van der Waals surface area contributed by atoms with Gasteiger partial charge >= 0.3 is 0 Å². The van der Waals surface area contributed by atoms with E-state index in [1.807, 2.05) is 0 Å². The first-order valence-electron chi connectivity index (χ1n) is 10.3. The zero-order chi connectivity index (χ0) is 18.3. The van der Waals surface area contributed by atoms with E-state index in [-0.39, 0.29) is 48.7 Å². The van der Waals surface area contributed by atoms with Crippen LogP contribution in [-0.2, 0) is 4.79 Å². The van der Waals surface area contributed by atoms with Crippen LogP contribution in [0.5, 0.6) is 0 Å². The summed E-state index contributed by atoms with van der Waals surface area (Å²) in [5.74, 6) is 0.966. The molecule has 5 heterocycles. The van der Waals surface area contributed by atoms with E-state index in [0.29, 0.717) is 35.8 Å². The molecule has 1 amide bonds. The van der Waals surface area contributed by atoms with Gasteiger partial charge in [0.1, 0.15) is 11.6 Å². The Morgan fingerprint density at radius 1 is 0.966 bits per heavy atom. The maximum absolute atomic E-state index is 13.9. The molecule has 6 fully saturated rings. The third kappa shape index (κ3) is 3.18. The summed E-state index contributed by atoms with van der Waals surface area (Å²) in [5.41, 5.74) is 0.711. The summed E-state index contributed by atoms with van der Waals surface area (Å²) in [5, 5.41) is 3.37. The van der Waals surface area contributed by atoms with E-state index in [1.54, 1.807) is 0 Å². The van der Waals surface area contributed by atoms with Gasteiger partial charge in [0.2, 0.25) is 5.91 Å². The highest BCUT2D eigenvalue weighted by atomic mass is 35.5.